The predicted molar refractivity (Wildman–Crippen MR) is 91.8 cm³/mol. The van der Waals surface area contributed by atoms with E-state index in [0.29, 0.717) is 18.5 Å². The molecule has 2 heterocycles. The third kappa shape index (κ3) is 3.40. The van der Waals surface area contributed by atoms with Crippen molar-refractivity contribution >= 4 is 17.5 Å². The largest absolute Gasteiger partial charge is 0.340 e. The van der Waals surface area contributed by atoms with Crippen LogP contribution in [0.5, 0.6) is 0 Å². The minimum atomic E-state index is -0.662. The van der Waals surface area contributed by atoms with Gasteiger partial charge in [0.05, 0.1) is 23.0 Å². The second kappa shape index (κ2) is 6.31. The molecule has 1 aromatic carbocycles. The Labute approximate surface area is 145 Å². The maximum atomic E-state index is 13.9. The predicted octanol–water partition coefficient (Wildman–Crippen LogP) is 2.31. The molecule has 1 unspecified atom stereocenters. The lowest BCUT2D eigenvalue weighted by molar-refractivity contribution is -0.118. The van der Waals surface area contributed by atoms with E-state index in [2.05, 4.69) is 10.4 Å². The van der Waals surface area contributed by atoms with Crippen LogP contribution in [0.1, 0.15) is 37.6 Å². The van der Waals surface area contributed by atoms with Crippen molar-refractivity contribution in [3.05, 3.63) is 48.0 Å². The smallest absolute Gasteiger partial charge is 0.255 e. The van der Waals surface area contributed by atoms with Crippen molar-refractivity contribution in [3.63, 3.8) is 0 Å². The highest BCUT2D eigenvalue weighted by molar-refractivity contribution is 6.03. The molecule has 1 N–H and O–H groups in total. The molecule has 25 heavy (non-hydrogen) atoms. The zero-order valence-corrected chi connectivity index (χ0v) is 14.5. The molecule has 0 spiro atoms. The fourth-order valence-corrected chi connectivity index (χ4v) is 2.77. The average molecular weight is 344 g/mol. The summed E-state index contributed by atoms with van der Waals surface area (Å²) in [5, 5.41) is 6.91. The van der Waals surface area contributed by atoms with Crippen LogP contribution < -0.4 is 10.2 Å². The van der Waals surface area contributed by atoms with Crippen LogP contribution >= 0.6 is 0 Å². The van der Waals surface area contributed by atoms with Crippen LogP contribution in [0.4, 0.5) is 10.1 Å². The Bertz CT molecular complexity index is 809. The third-order valence-electron chi connectivity index (χ3n) is 4.19. The molecular weight excluding hydrogens is 323 g/mol. The van der Waals surface area contributed by atoms with Crippen LogP contribution in [0.15, 0.2) is 36.7 Å². The zero-order valence-electron chi connectivity index (χ0n) is 14.5. The van der Waals surface area contributed by atoms with Gasteiger partial charge in [0, 0.05) is 12.7 Å². The molecule has 1 aliphatic heterocycles. The maximum absolute atomic E-state index is 13.9. The second-order valence-electron chi connectivity index (χ2n) is 7.10. The van der Waals surface area contributed by atoms with E-state index in [1.165, 1.54) is 17.2 Å². The van der Waals surface area contributed by atoms with E-state index in [1.54, 1.807) is 29.1 Å². The van der Waals surface area contributed by atoms with Crippen molar-refractivity contribution in [3.8, 4) is 0 Å². The number of halogens is 1. The number of carbonyl (C=O) groups is 2. The molecule has 7 heteroatoms. The van der Waals surface area contributed by atoms with E-state index in [9.17, 15) is 14.0 Å². The van der Waals surface area contributed by atoms with Gasteiger partial charge in [0.1, 0.15) is 11.9 Å². The Morgan fingerprint density at radius 2 is 2.04 bits per heavy atom. The van der Waals surface area contributed by atoms with Gasteiger partial charge in [-0.2, -0.15) is 5.10 Å². The van der Waals surface area contributed by atoms with Gasteiger partial charge in [-0.15, -0.1) is 0 Å². The second-order valence-corrected chi connectivity index (χ2v) is 7.10. The van der Waals surface area contributed by atoms with Crippen molar-refractivity contribution in [2.75, 3.05) is 11.4 Å². The summed E-state index contributed by atoms with van der Waals surface area (Å²) in [7, 11) is 0. The molecule has 132 valence electrons. The van der Waals surface area contributed by atoms with Crippen LogP contribution in [-0.4, -0.2) is 34.2 Å². The lowest BCUT2D eigenvalue weighted by atomic mass is 10.1. The number of nitrogens with one attached hydrogen (secondary N) is 1. The highest BCUT2D eigenvalue weighted by Crippen LogP contribution is 2.24. The molecule has 1 aliphatic rings. The highest BCUT2D eigenvalue weighted by Gasteiger charge is 2.35. The van der Waals surface area contributed by atoms with Crippen LogP contribution in [0, 0.1) is 5.82 Å². The van der Waals surface area contributed by atoms with Gasteiger partial charge in [0.15, 0.2) is 0 Å². The molecule has 1 atom stereocenters. The summed E-state index contributed by atoms with van der Waals surface area (Å²) in [5.74, 6) is -1.11. The Balaban J connectivity index is 1.70. The summed E-state index contributed by atoms with van der Waals surface area (Å²) in [6, 6.07) is 5.47. The summed E-state index contributed by atoms with van der Waals surface area (Å²) >= 11 is 0. The van der Waals surface area contributed by atoms with Crippen molar-refractivity contribution in [1.82, 2.24) is 15.1 Å². The molecule has 6 nitrogen and oxygen atoms in total. The summed E-state index contributed by atoms with van der Waals surface area (Å²) in [4.78, 5) is 26.3. The molecule has 1 fully saturated rings. The fourth-order valence-electron chi connectivity index (χ4n) is 2.77. The van der Waals surface area contributed by atoms with Crippen molar-refractivity contribution in [2.24, 2.45) is 0 Å². The number of nitrogens with zero attached hydrogens (tertiary/aromatic N) is 3. The molecule has 0 aliphatic carbocycles. The quantitative estimate of drug-likeness (QED) is 0.929. The number of para-hydroxylation sites is 1. The number of carbonyl (C=O) groups excluding carboxylic acids is 2. The molecule has 2 amide bonds. The highest BCUT2D eigenvalue weighted by atomic mass is 19.1. The third-order valence-corrected chi connectivity index (χ3v) is 4.19. The first kappa shape index (κ1) is 17.1. The molecule has 2 aromatic rings. The summed E-state index contributed by atoms with van der Waals surface area (Å²) in [6.07, 6.45) is 3.57. The number of benzene rings is 1. The maximum Gasteiger partial charge on any atom is 0.255 e. The summed E-state index contributed by atoms with van der Waals surface area (Å²) in [5.41, 5.74) is 0.403. The SMILES string of the molecule is CC(C)(C)n1cc(C(=O)NC2CCN(c3ccccc3F)C2=O)cn1. The standard InChI is InChI=1S/C18H21FN4O2/c1-18(2,3)23-11-12(10-20-23)16(24)21-14-8-9-22(17(14)25)15-7-5-4-6-13(15)19/h4-7,10-11,14H,8-9H2,1-3H3,(H,21,24). The van der Waals surface area contributed by atoms with Crippen LogP contribution in [-0.2, 0) is 10.3 Å². The molecule has 3 rings (SSSR count). The lowest BCUT2D eigenvalue weighted by Crippen LogP contribution is -2.41. The van der Waals surface area contributed by atoms with Gasteiger partial charge in [-0.1, -0.05) is 12.1 Å². The minimum Gasteiger partial charge on any atom is -0.340 e. The molecule has 0 radical (unpaired) electrons. The van der Waals surface area contributed by atoms with Gasteiger partial charge in [-0.25, -0.2) is 4.39 Å². The van der Waals surface area contributed by atoms with Gasteiger partial charge in [0.2, 0.25) is 5.91 Å². The summed E-state index contributed by atoms with van der Waals surface area (Å²) < 4.78 is 15.6. The van der Waals surface area contributed by atoms with E-state index in [1.807, 2.05) is 20.8 Å². The Hall–Kier alpha value is -2.70. The van der Waals surface area contributed by atoms with Gasteiger partial charge in [0.25, 0.3) is 5.91 Å². The van der Waals surface area contributed by atoms with Crippen molar-refractivity contribution in [2.45, 2.75) is 38.8 Å². The molecule has 1 saturated heterocycles. The van der Waals surface area contributed by atoms with Crippen molar-refractivity contribution < 1.29 is 14.0 Å². The van der Waals surface area contributed by atoms with Gasteiger partial charge in [-0.05, 0) is 39.3 Å². The van der Waals surface area contributed by atoms with Crippen LogP contribution in [0.3, 0.4) is 0 Å². The zero-order chi connectivity index (χ0) is 18.2. The number of amides is 2. The van der Waals surface area contributed by atoms with E-state index in [4.69, 9.17) is 0 Å². The first-order chi connectivity index (χ1) is 11.8. The van der Waals surface area contributed by atoms with Crippen LogP contribution in [0.25, 0.3) is 0 Å². The van der Waals surface area contributed by atoms with E-state index in [0.717, 1.165) is 0 Å². The topological polar surface area (TPSA) is 67.2 Å². The molecule has 0 saturated carbocycles. The lowest BCUT2D eigenvalue weighted by Gasteiger charge is -2.19. The monoisotopic (exact) mass is 344 g/mol. The molecule has 0 bridgehead atoms. The number of anilines is 1. The number of aromatic nitrogens is 2. The average Bonchev–Trinajstić information content (AvgIpc) is 3.16. The van der Waals surface area contributed by atoms with Gasteiger partial charge < -0.3 is 10.2 Å². The van der Waals surface area contributed by atoms with Crippen molar-refractivity contribution in [1.29, 1.82) is 0 Å². The van der Waals surface area contributed by atoms with Crippen LogP contribution in [0.2, 0.25) is 0 Å². The first-order valence-corrected chi connectivity index (χ1v) is 8.19. The Kier molecular flexibility index (Phi) is 4.32. The number of rotatable bonds is 3. The van der Waals surface area contributed by atoms with Gasteiger partial charge in [-0.3, -0.25) is 14.3 Å². The summed E-state index contributed by atoms with van der Waals surface area (Å²) in [6.45, 7) is 6.31. The van der Waals surface area contributed by atoms with Gasteiger partial charge >= 0.3 is 0 Å². The molecule has 1 aromatic heterocycles. The number of hydrogen-bond acceptors (Lipinski definition) is 3. The normalized spacial score (nSPS) is 17.8. The number of hydrogen-bond donors (Lipinski definition) is 1. The Morgan fingerprint density at radius 3 is 2.68 bits per heavy atom. The van der Waals surface area contributed by atoms with E-state index in [-0.39, 0.29) is 23.0 Å². The Morgan fingerprint density at radius 1 is 1.32 bits per heavy atom. The minimum absolute atomic E-state index is 0.233. The fraction of sp³-hybridized carbons (Fsp3) is 0.389. The van der Waals surface area contributed by atoms with E-state index < -0.39 is 11.9 Å². The molecular formula is C18H21FN4O2. The van der Waals surface area contributed by atoms with E-state index >= 15 is 0 Å². The first-order valence-electron chi connectivity index (χ1n) is 8.19.